The SMILES string of the molecule is COc1cccc(CN2C(=O)C(=O)/C(=C(/O)c3cc(C)ccc3OC)C2c2ccc(C(C)(C)C)cc2)c1. The molecule has 3 aromatic rings. The minimum absolute atomic E-state index is 0.0419. The number of rotatable bonds is 6. The van der Waals surface area contributed by atoms with Crippen molar-refractivity contribution in [1.82, 2.24) is 4.90 Å². The molecular formula is C31H33NO5. The van der Waals surface area contributed by atoms with E-state index in [1.807, 2.05) is 61.5 Å². The summed E-state index contributed by atoms with van der Waals surface area (Å²) >= 11 is 0. The van der Waals surface area contributed by atoms with Crippen LogP contribution in [0.5, 0.6) is 11.5 Å². The van der Waals surface area contributed by atoms with E-state index < -0.39 is 17.7 Å². The highest BCUT2D eigenvalue weighted by Gasteiger charge is 2.46. The van der Waals surface area contributed by atoms with Crippen molar-refractivity contribution in [3.05, 3.63) is 100 Å². The Balaban J connectivity index is 1.90. The third-order valence-electron chi connectivity index (χ3n) is 6.73. The molecule has 0 spiro atoms. The molecule has 0 bridgehead atoms. The number of ketones is 1. The molecule has 4 rings (SSSR count). The Labute approximate surface area is 218 Å². The first-order valence-electron chi connectivity index (χ1n) is 12.2. The summed E-state index contributed by atoms with van der Waals surface area (Å²) in [5, 5.41) is 11.5. The number of ether oxygens (including phenoxy) is 2. The summed E-state index contributed by atoms with van der Waals surface area (Å²) in [6, 6.07) is 19.8. The summed E-state index contributed by atoms with van der Waals surface area (Å²) in [4.78, 5) is 28.4. The lowest BCUT2D eigenvalue weighted by molar-refractivity contribution is -0.140. The van der Waals surface area contributed by atoms with Crippen molar-refractivity contribution >= 4 is 17.4 Å². The van der Waals surface area contributed by atoms with Gasteiger partial charge in [0.25, 0.3) is 11.7 Å². The Morgan fingerprint density at radius 2 is 1.65 bits per heavy atom. The highest BCUT2D eigenvalue weighted by molar-refractivity contribution is 6.46. The summed E-state index contributed by atoms with van der Waals surface area (Å²) in [5.74, 6) is -0.569. The number of amides is 1. The first-order chi connectivity index (χ1) is 17.5. The van der Waals surface area contributed by atoms with Crippen LogP contribution in [0.4, 0.5) is 0 Å². The van der Waals surface area contributed by atoms with Crippen molar-refractivity contribution in [2.45, 2.75) is 45.7 Å². The summed E-state index contributed by atoms with van der Waals surface area (Å²) in [6.07, 6.45) is 0. The molecule has 3 aromatic carbocycles. The minimum atomic E-state index is -0.773. The van der Waals surface area contributed by atoms with Gasteiger partial charge in [-0.3, -0.25) is 9.59 Å². The maximum atomic E-state index is 13.5. The second-order valence-electron chi connectivity index (χ2n) is 10.4. The van der Waals surface area contributed by atoms with E-state index in [9.17, 15) is 14.7 Å². The highest BCUT2D eigenvalue weighted by Crippen LogP contribution is 2.42. The van der Waals surface area contributed by atoms with Gasteiger partial charge in [-0.25, -0.2) is 0 Å². The molecule has 0 radical (unpaired) electrons. The fraction of sp³-hybridized carbons (Fsp3) is 0.290. The minimum Gasteiger partial charge on any atom is -0.507 e. The van der Waals surface area contributed by atoms with Crippen molar-refractivity contribution in [1.29, 1.82) is 0 Å². The molecule has 1 aliphatic rings. The molecule has 0 aromatic heterocycles. The predicted molar refractivity (Wildman–Crippen MR) is 144 cm³/mol. The summed E-state index contributed by atoms with van der Waals surface area (Å²) in [6.45, 7) is 8.44. The topological polar surface area (TPSA) is 76.1 Å². The van der Waals surface area contributed by atoms with E-state index in [2.05, 4.69) is 20.8 Å². The number of Topliss-reactive ketones (excluding diaryl/α,β-unsaturated/α-hetero) is 1. The largest absolute Gasteiger partial charge is 0.507 e. The third-order valence-corrected chi connectivity index (χ3v) is 6.73. The van der Waals surface area contributed by atoms with Crippen LogP contribution in [0.3, 0.4) is 0 Å². The second kappa shape index (κ2) is 10.1. The number of hydrogen-bond acceptors (Lipinski definition) is 5. The average molecular weight is 500 g/mol. The van der Waals surface area contributed by atoms with Gasteiger partial charge in [0.1, 0.15) is 17.3 Å². The maximum absolute atomic E-state index is 13.5. The number of methoxy groups -OCH3 is 2. The molecule has 1 saturated heterocycles. The zero-order chi connectivity index (χ0) is 26.9. The molecule has 192 valence electrons. The van der Waals surface area contributed by atoms with Gasteiger partial charge in [0.2, 0.25) is 0 Å². The van der Waals surface area contributed by atoms with Gasteiger partial charge in [0.05, 0.1) is 31.4 Å². The van der Waals surface area contributed by atoms with Crippen molar-refractivity contribution in [3.8, 4) is 11.5 Å². The van der Waals surface area contributed by atoms with Crippen LogP contribution >= 0.6 is 0 Å². The van der Waals surface area contributed by atoms with E-state index in [1.54, 1.807) is 19.2 Å². The van der Waals surface area contributed by atoms with Crippen molar-refractivity contribution in [2.24, 2.45) is 0 Å². The zero-order valence-corrected chi connectivity index (χ0v) is 22.2. The van der Waals surface area contributed by atoms with Gasteiger partial charge in [0, 0.05) is 6.54 Å². The van der Waals surface area contributed by atoms with E-state index in [4.69, 9.17) is 9.47 Å². The summed E-state index contributed by atoms with van der Waals surface area (Å²) in [7, 11) is 3.09. The smallest absolute Gasteiger partial charge is 0.295 e. The summed E-state index contributed by atoms with van der Waals surface area (Å²) in [5.41, 5.74) is 3.92. The van der Waals surface area contributed by atoms with Crippen LogP contribution in [-0.2, 0) is 21.5 Å². The van der Waals surface area contributed by atoms with Crippen molar-refractivity contribution in [2.75, 3.05) is 14.2 Å². The van der Waals surface area contributed by atoms with Crippen molar-refractivity contribution < 1.29 is 24.2 Å². The summed E-state index contributed by atoms with van der Waals surface area (Å²) < 4.78 is 10.8. The Morgan fingerprint density at radius 3 is 2.27 bits per heavy atom. The molecule has 1 unspecified atom stereocenters. The van der Waals surface area contributed by atoms with Crippen LogP contribution < -0.4 is 9.47 Å². The Hall–Kier alpha value is -4.06. The van der Waals surface area contributed by atoms with Gasteiger partial charge >= 0.3 is 0 Å². The highest BCUT2D eigenvalue weighted by atomic mass is 16.5. The van der Waals surface area contributed by atoms with Gasteiger partial charge in [-0.1, -0.05) is 68.8 Å². The number of carbonyl (C=O) groups excluding carboxylic acids is 2. The standard InChI is InChI=1S/C31H33NO5/c1-19-10-15-25(37-6)24(16-19)28(33)26-27(21-11-13-22(14-12-21)31(2,3)4)32(30(35)29(26)34)18-20-8-7-9-23(17-20)36-5/h7-17,27,33H,18H2,1-6H3/b28-26+. The lowest BCUT2D eigenvalue weighted by Gasteiger charge is -2.27. The van der Waals surface area contributed by atoms with Gasteiger partial charge in [-0.05, 0) is 53.3 Å². The molecule has 1 heterocycles. The molecule has 1 fully saturated rings. The first-order valence-corrected chi connectivity index (χ1v) is 12.2. The van der Waals surface area contributed by atoms with Crippen LogP contribution in [0.25, 0.3) is 5.76 Å². The number of benzene rings is 3. The van der Waals surface area contributed by atoms with Gasteiger partial charge in [-0.2, -0.15) is 0 Å². The number of hydrogen-bond donors (Lipinski definition) is 1. The number of nitrogens with zero attached hydrogens (tertiary/aromatic N) is 1. The Bertz CT molecular complexity index is 1370. The fourth-order valence-corrected chi connectivity index (χ4v) is 4.67. The van der Waals surface area contributed by atoms with Crippen molar-refractivity contribution in [3.63, 3.8) is 0 Å². The molecule has 1 atom stereocenters. The Morgan fingerprint density at radius 1 is 0.946 bits per heavy atom. The molecule has 1 N–H and O–H groups in total. The molecule has 0 saturated carbocycles. The Kier molecular flexibility index (Phi) is 7.12. The molecule has 0 aliphatic carbocycles. The van der Waals surface area contributed by atoms with Crippen LogP contribution in [0, 0.1) is 6.92 Å². The fourth-order valence-electron chi connectivity index (χ4n) is 4.67. The molecule has 1 amide bonds. The second-order valence-corrected chi connectivity index (χ2v) is 10.4. The predicted octanol–water partition coefficient (Wildman–Crippen LogP) is 5.93. The van der Waals surface area contributed by atoms with Crippen LogP contribution in [0.1, 0.15) is 54.6 Å². The van der Waals surface area contributed by atoms with E-state index in [0.717, 1.165) is 22.3 Å². The van der Waals surface area contributed by atoms with E-state index in [0.29, 0.717) is 17.1 Å². The quantitative estimate of drug-likeness (QED) is 0.258. The van der Waals surface area contributed by atoms with Gasteiger partial charge < -0.3 is 19.5 Å². The van der Waals surface area contributed by atoms with E-state index in [-0.39, 0.29) is 23.3 Å². The van der Waals surface area contributed by atoms with Crippen LogP contribution in [0.2, 0.25) is 0 Å². The third kappa shape index (κ3) is 5.10. The average Bonchev–Trinajstić information content (AvgIpc) is 3.12. The maximum Gasteiger partial charge on any atom is 0.295 e. The molecule has 6 nitrogen and oxygen atoms in total. The van der Waals surface area contributed by atoms with Gasteiger partial charge in [0.15, 0.2) is 0 Å². The van der Waals surface area contributed by atoms with E-state index in [1.165, 1.54) is 12.0 Å². The number of likely N-dealkylation sites (tertiary alicyclic amines) is 1. The lowest BCUT2D eigenvalue weighted by Crippen LogP contribution is -2.29. The number of aryl methyl sites for hydroxylation is 1. The van der Waals surface area contributed by atoms with Crippen LogP contribution in [0.15, 0.2) is 72.3 Å². The first kappa shape index (κ1) is 26.0. The molecule has 6 heteroatoms. The molecule has 37 heavy (non-hydrogen) atoms. The number of aliphatic hydroxyl groups is 1. The lowest BCUT2D eigenvalue weighted by atomic mass is 9.85. The molecular weight excluding hydrogens is 466 g/mol. The number of carbonyl (C=O) groups is 2. The van der Waals surface area contributed by atoms with Crippen LogP contribution in [-0.4, -0.2) is 35.9 Å². The zero-order valence-electron chi connectivity index (χ0n) is 22.2. The normalized spacial score (nSPS) is 17.2. The van der Waals surface area contributed by atoms with Gasteiger partial charge in [-0.15, -0.1) is 0 Å². The monoisotopic (exact) mass is 499 g/mol. The van der Waals surface area contributed by atoms with E-state index >= 15 is 0 Å². The molecule has 1 aliphatic heterocycles. The number of aliphatic hydroxyl groups excluding tert-OH is 1.